The van der Waals surface area contributed by atoms with Gasteiger partial charge < -0.3 is 28.1 Å². The molecule has 23 aromatic rings. The number of benzene rings is 19. The quantitative estimate of drug-likeness (QED) is 0.0581. The number of halogens is 6. The summed E-state index contributed by atoms with van der Waals surface area (Å²) in [5.74, 6) is -10.2. The van der Waals surface area contributed by atoms with Gasteiger partial charge in [-0.3, -0.25) is 0 Å². The number of hydrogen-bond acceptors (Lipinski definition) is 2. The monoisotopic (exact) mass is 1640 g/mol. The Balaban J connectivity index is 0.000000151. The lowest BCUT2D eigenvalue weighted by Crippen LogP contribution is -2.10. The molecule has 19 aromatic carbocycles. The van der Waals surface area contributed by atoms with Gasteiger partial charge in [0, 0.05) is 100.0 Å². The molecule has 0 saturated heterocycles. The molecule has 0 amide bonds. The van der Waals surface area contributed by atoms with E-state index in [-0.39, 0.29) is 11.4 Å². The smallest absolute Gasteiger partial charge is 0.200 e. The minimum atomic E-state index is -2.20. The second-order valence-corrected chi connectivity index (χ2v) is 31.5. The Bertz CT molecular complexity index is 7860. The van der Waals surface area contributed by atoms with Crippen molar-refractivity contribution in [2.24, 2.45) is 0 Å². The van der Waals surface area contributed by atoms with Crippen molar-refractivity contribution < 1.29 is 26.3 Å². The number of anilines is 6. The Kier molecular flexibility index (Phi) is 19.0. The maximum absolute atomic E-state index is 15.0. The minimum absolute atomic E-state index is 0.153. The average molecular weight is 1640 g/mol. The van der Waals surface area contributed by atoms with E-state index < -0.39 is 34.6 Å². The maximum Gasteiger partial charge on any atom is 0.200 e. The van der Waals surface area contributed by atoms with Gasteiger partial charge in [0.2, 0.25) is 5.82 Å². The van der Waals surface area contributed by atoms with Gasteiger partial charge in [-0.05, 0) is 250 Å². The zero-order valence-electron chi connectivity index (χ0n) is 67.5. The first-order chi connectivity index (χ1) is 62.0. The molecular weight excluding hydrogens is 1570 g/mol. The maximum atomic E-state index is 15.0. The lowest BCUT2D eigenvalue weighted by atomic mass is 10.0. The van der Waals surface area contributed by atoms with Crippen LogP contribution in [0.3, 0.4) is 0 Å². The normalized spacial score (nSPS) is 11.6. The molecule has 4 heterocycles. The SMILES string of the molecule is Fc1c(F)c(F)c(-c2ccc(N(c3ccc(-c4ccc5c(c4)c4ccccc4n5-c4ccccc4)cc3)c3ccc(-c4ccc5c(c4)c4ccccc4n5-c4ccccc4)cc3)cc2)c(F)c1F.Fc1ccc(-c2ccc(N(c3ccc(-c4ccc5c(c4)c4ccccc4n5-c4ccccc4)cc3)c3ccc4c(c3)c3ccccc3n4-c3ccccc3)cc2)cc1. The summed E-state index contributed by atoms with van der Waals surface area (Å²) >= 11 is 0. The number of hydrogen-bond donors (Lipinski definition) is 0. The van der Waals surface area contributed by atoms with Crippen LogP contribution in [-0.2, 0) is 0 Å². The first-order valence-corrected chi connectivity index (χ1v) is 41.7. The van der Waals surface area contributed by atoms with Crippen LogP contribution in [0.15, 0.2) is 437 Å². The molecular formula is C114H72F6N6. The van der Waals surface area contributed by atoms with E-state index in [0.717, 1.165) is 139 Å². The van der Waals surface area contributed by atoms with Gasteiger partial charge in [0.05, 0.1) is 49.7 Å². The Labute approximate surface area is 721 Å². The minimum Gasteiger partial charge on any atom is -0.311 e. The van der Waals surface area contributed by atoms with Gasteiger partial charge in [0.25, 0.3) is 0 Å². The molecule has 0 aliphatic rings. The third-order valence-electron chi connectivity index (χ3n) is 24.3. The van der Waals surface area contributed by atoms with Gasteiger partial charge in [-0.1, -0.05) is 237 Å². The fraction of sp³-hybridized carbons (Fsp3) is 0. The van der Waals surface area contributed by atoms with E-state index in [1.807, 2.05) is 77.7 Å². The summed E-state index contributed by atoms with van der Waals surface area (Å²) in [5.41, 5.74) is 26.1. The van der Waals surface area contributed by atoms with Crippen LogP contribution in [0.2, 0.25) is 0 Å². The second-order valence-electron chi connectivity index (χ2n) is 31.5. The standard InChI is InChI=1S/C60H36F5N3.C54H36FN3/c61-56-55(57(62)59(64)60(65)58(56)63)39-23-31-46(32-24-39)66(44-27-19-37(20-28-44)40-25-33-53-49(35-40)47-15-7-9-17-51(47)67(53)42-11-3-1-4-12-42)45-29-21-38(22-30-45)41-26-34-54-50(36-41)48-16-8-10-18-52(48)68(54)43-13-5-2-6-14-43;55-41-26-19-37(20-27-41)38-21-28-44(29-22-38)56(46-32-34-54-50(36-46)48-16-8-10-18-52(48)58(54)43-13-5-2-6-14-43)45-30-23-39(24-31-45)40-25-33-53-49(35-40)47-15-7-9-17-51(47)57(53)42-11-3-1-4-12-42/h1-36H;1-36H. The summed E-state index contributed by atoms with van der Waals surface area (Å²) in [6, 6.07) is 149. The summed E-state index contributed by atoms with van der Waals surface area (Å²) in [6.45, 7) is 0. The molecule has 0 bridgehead atoms. The summed E-state index contributed by atoms with van der Waals surface area (Å²) < 4.78 is 95.6. The number of fused-ring (bicyclic) bond motifs is 12. The molecule has 0 spiro atoms. The first kappa shape index (κ1) is 75.7. The topological polar surface area (TPSA) is 26.2 Å². The van der Waals surface area contributed by atoms with Gasteiger partial charge >= 0.3 is 0 Å². The number of para-hydroxylation sites is 8. The molecule has 4 aromatic heterocycles. The molecule has 0 atom stereocenters. The summed E-state index contributed by atoms with van der Waals surface area (Å²) in [6.07, 6.45) is 0. The number of rotatable bonds is 15. The molecule has 12 heteroatoms. The Morgan fingerprint density at radius 3 is 0.659 bits per heavy atom. The van der Waals surface area contributed by atoms with Crippen LogP contribution in [-0.4, -0.2) is 18.3 Å². The summed E-state index contributed by atoms with van der Waals surface area (Å²) in [4.78, 5) is 4.31. The third-order valence-corrected chi connectivity index (χ3v) is 24.3. The van der Waals surface area contributed by atoms with Crippen LogP contribution >= 0.6 is 0 Å². The van der Waals surface area contributed by atoms with Gasteiger partial charge in [0.1, 0.15) is 5.82 Å². The summed E-state index contributed by atoms with van der Waals surface area (Å²) in [5, 5.41) is 9.40. The van der Waals surface area contributed by atoms with Crippen molar-refractivity contribution >= 4 is 121 Å². The highest BCUT2D eigenvalue weighted by Gasteiger charge is 2.28. The molecule has 6 nitrogen and oxygen atoms in total. The molecule has 600 valence electrons. The Morgan fingerprint density at radius 2 is 0.357 bits per heavy atom. The summed E-state index contributed by atoms with van der Waals surface area (Å²) in [7, 11) is 0. The van der Waals surface area contributed by atoms with E-state index in [1.165, 1.54) is 67.9 Å². The zero-order chi connectivity index (χ0) is 84.6. The van der Waals surface area contributed by atoms with Crippen molar-refractivity contribution in [1.29, 1.82) is 0 Å². The molecule has 0 fully saturated rings. The van der Waals surface area contributed by atoms with E-state index >= 15 is 0 Å². The van der Waals surface area contributed by atoms with Crippen LogP contribution in [0.1, 0.15) is 0 Å². The van der Waals surface area contributed by atoms with Gasteiger partial charge in [0.15, 0.2) is 23.3 Å². The second kappa shape index (κ2) is 31.5. The fourth-order valence-corrected chi connectivity index (χ4v) is 18.4. The van der Waals surface area contributed by atoms with Crippen molar-refractivity contribution in [1.82, 2.24) is 18.3 Å². The highest BCUT2D eigenvalue weighted by atomic mass is 19.2. The molecule has 23 rings (SSSR count). The molecule has 0 saturated carbocycles. The van der Waals surface area contributed by atoms with Crippen molar-refractivity contribution in [3.05, 3.63) is 472 Å². The van der Waals surface area contributed by atoms with E-state index in [2.05, 4.69) is 351 Å². The van der Waals surface area contributed by atoms with Gasteiger partial charge in [-0.2, -0.15) is 0 Å². The van der Waals surface area contributed by atoms with E-state index in [1.54, 1.807) is 12.1 Å². The van der Waals surface area contributed by atoms with Crippen molar-refractivity contribution in [2.75, 3.05) is 9.80 Å². The highest BCUT2D eigenvalue weighted by molar-refractivity contribution is 6.14. The molecule has 0 radical (unpaired) electrons. The molecule has 0 aliphatic heterocycles. The predicted octanol–water partition coefficient (Wildman–Crippen LogP) is 31.9. The van der Waals surface area contributed by atoms with Crippen molar-refractivity contribution in [3.8, 4) is 78.4 Å². The van der Waals surface area contributed by atoms with E-state index in [0.29, 0.717) is 5.69 Å². The van der Waals surface area contributed by atoms with Crippen LogP contribution in [0.25, 0.3) is 166 Å². The molecule has 0 unspecified atom stereocenters. The third kappa shape index (κ3) is 13.3. The molecule has 126 heavy (non-hydrogen) atoms. The van der Waals surface area contributed by atoms with Crippen LogP contribution in [0.4, 0.5) is 60.5 Å². The molecule has 0 aliphatic carbocycles. The average Bonchev–Trinajstić information content (AvgIpc) is 1.60. The lowest BCUT2D eigenvalue weighted by Gasteiger charge is -2.26. The largest absolute Gasteiger partial charge is 0.311 e. The Hall–Kier alpha value is -16.4. The van der Waals surface area contributed by atoms with Gasteiger partial charge in [-0.25, -0.2) is 26.3 Å². The van der Waals surface area contributed by atoms with Crippen molar-refractivity contribution in [3.63, 3.8) is 0 Å². The van der Waals surface area contributed by atoms with Gasteiger partial charge in [-0.15, -0.1) is 0 Å². The fourth-order valence-electron chi connectivity index (χ4n) is 18.4. The number of nitrogens with zero attached hydrogens (tertiary/aromatic N) is 6. The predicted molar refractivity (Wildman–Crippen MR) is 507 cm³/mol. The highest BCUT2D eigenvalue weighted by Crippen LogP contribution is 2.46. The number of aromatic nitrogens is 4. The van der Waals surface area contributed by atoms with Crippen LogP contribution < -0.4 is 9.80 Å². The lowest BCUT2D eigenvalue weighted by molar-refractivity contribution is 0.381. The van der Waals surface area contributed by atoms with Crippen LogP contribution in [0, 0.1) is 34.9 Å². The molecule has 0 N–H and O–H groups in total. The van der Waals surface area contributed by atoms with E-state index in [4.69, 9.17) is 0 Å². The van der Waals surface area contributed by atoms with E-state index in [9.17, 15) is 26.3 Å². The Morgan fingerprint density at radius 1 is 0.151 bits per heavy atom. The zero-order valence-corrected chi connectivity index (χ0v) is 67.5. The van der Waals surface area contributed by atoms with Crippen molar-refractivity contribution in [2.45, 2.75) is 0 Å². The first-order valence-electron chi connectivity index (χ1n) is 41.7. The van der Waals surface area contributed by atoms with Crippen LogP contribution in [0.5, 0.6) is 0 Å².